The summed E-state index contributed by atoms with van der Waals surface area (Å²) >= 11 is 0. The smallest absolute Gasteiger partial charge is 0.00732 e. The third-order valence-corrected chi connectivity index (χ3v) is 5.28. The summed E-state index contributed by atoms with van der Waals surface area (Å²) in [6, 6.07) is 24.7. The van der Waals surface area contributed by atoms with Crippen LogP contribution in [0.25, 0.3) is 33.0 Å². The van der Waals surface area contributed by atoms with E-state index in [4.69, 9.17) is 0 Å². The third-order valence-electron chi connectivity index (χ3n) is 5.28. The molecule has 0 radical (unpaired) electrons. The Labute approximate surface area is 150 Å². The Bertz CT molecular complexity index is 1040. The van der Waals surface area contributed by atoms with E-state index in [1.807, 2.05) is 0 Å². The standard InChI is InChI=1S/C25H24/c1-16(2)20-10-9-17(3)25-23(15-20)18(4)13-24(25)22-12-11-19-7-5-6-8-21(19)14-22/h5-16H,1-4H3. The summed E-state index contributed by atoms with van der Waals surface area (Å²) in [6.45, 7) is 8.99. The molecule has 0 heterocycles. The molecule has 4 rings (SSSR count). The first-order chi connectivity index (χ1) is 12.0. The van der Waals surface area contributed by atoms with Gasteiger partial charge < -0.3 is 0 Å². The van der Waals surface area contributed by atoms with Crippen molar-refractivity contribution in [3.63, 3.8) is 0 Å². The lowest BCUT2D eigenvalue weighted by Gasteiger charge is -2.08. The van der Waals surface area contributed by atoms with Crippen LogP contribution in [0.4, 0.5) is 0 Å². The van der Waals surface area contributed by atoms with Crippen molar-refractivity contribution in [2.75, 3.05) is 0 Å². The zero-order valence-corrected chi connectivity index (χ0v) is 15.4. The van der Waals surface area contributed by atoms with E-state index in [0.29, 0.717) is 5.92 Å². The second-order valence-electron chi connectivity index (χ2n) is 7.41. The predicted molar refractivity (Wildman–Crippen MR) is 110 cm³/mol. The maximum Gasteiger partial charge on any atom is -0.00732 e. The molecule has 0 fully saturated rings. The molecule has 2 aliphatic carbocycles. The van der Waals surface area contributed by atoms with Crippen molar-refractivity contribution in [2.45, 2.75) is 33.6 Å². The summed E-state index contributed by atoms with van der Waals surface area (Å²) in [5.74, 6) is 0.536. The van der Waals surface area contributed by atoms with E-state index < -0.39 is 0 Å². The Kier molecular flexibility index (Phi) is 3.84. The molecule has 0 heteroatoms. The molecule has 0 unspecified atom stereocenters. The molecular weight excluding hydrogens is 300 g/mol. The summed E-state index contributed by atoms with van der Waals surface area (Å²) in [5.41, 5.74) is 9.53. The highest BCUT2D eigenvalue weighted by atomic mass is 14.2. The molecule has 0 atom stereocenters. The average Bonchev–Trinajstić information content (AvgIpc) is 2.82. The molecule has 0 N–H and O–H groups in total. The van der Waals surface area contributed by atoms with Gasteiger partial charge in [0.05, 0.1) is 0 Å². The summed E-state index contributed by atoms with van der Waals surface area (Å²) in [4.78, 5) is 0. The van der Waals surface area contributed by atoms with Crippen molar-refractivity contribution in [2.24, 2.45) is 0 Å². The lowest BCUT2D eigenvalue weighted by molar-refractivity contribution is 0.868. The molecule has 2 aromatic carbocycles. The topological polar surface area (TPSA) is 0 Å². The minimum atomic E-state index is 0.536. The van der Waals surface area contributed by atoms with Crippen molar-refractivity contribution in [1.82, 2.24) is 0 Å². The lowest BCUT2D eigenvalue weighted by Crippen LogP contribution is -1.84. The van der Waals surface area contributed by atoms with Gasteiger partial charge in [-0.1, -0.05) is 74.5 Å². The maximum absolute atomic E-state index is 2.38. The van der Waals surface area contributed by atoms with E-state index in [0.717, 1.165) is 0 Å². The molecule has 0 nitrogen and oxygen atoms in total. The van der Waals surface area contributed by atoms with Crippen molar-refractivity contribution in [3.8, 4) is 22.3 Å². The number of benzene rings is 2. The minimum Gasteiger partial charge on any atom is -0.0616 e. The van der Waals surface area contributed by atoms with Gasteiger partial charge in [-0.3, -0.25) is 0 Å². The quantitative estimate of drug-likeness (QED) is 0.361. The summed E-state index contributed by atoms with van der Waals surface area (Å²) in [6.07, 6.45) is 0. The van der Waals surface area contributed by atoms with Crippen molar-refractivity contribution >= 4 is 10.8 Å². The molecular formula is C25H24. The second-order valence-corrected chi connectivity index (χ2v) is 7.41. The minimum absolute atomic E-state index is 0.536. The second kappa shape index (κ2) is 6.04. The fraction of sp³-hybridized carbons (Fsp3) is 0.200. The molecule has 0 aliphatic heterocycles. The van der Waals surface area contributed by atoms with Crippen LogP contribution in [0.15, 0.2) is 66.7 Å². The first-order valence-electron chi connectivity index (χ1n) is 9.07. The van der Waals surface area contributed by atoms with E-state index in [9.17, 15) is 0 Å². The van der Waals surface area contributed by atoms with Gasteiger partial charge in [-0.15, -0.1) is 0 Å². The molecule has 0 saturated carbocycles. The van der Waals surface area contributed by atoms with Crippen molar-refractivity contribution in [3.05, 3.63) is 83.4 Å². The van der Waals surface area contributed by atoms with E-state index in [1.54, 1.807) is 0 Å². The first-order valence-corrected chi connectivity index (χ1v) is 9.07. The molecule has 2 aliphatic rings. The monoisotopic (exact) mass is 324 g/mol. The number of rotatable bonds is 2. The van der Waals surface area contributed by atoms with Crippen LogP contribution in [-0.2, 0) is 0 Å². The molecule has 2 aromatic rings. The zero-order valence-electron chi connectivity index (χ0n) is 15.4. The van der Waals surface area contributed by atoms with Crippen molar-refractivity contribution in [1.29, 1.82) is 0 Å². The largest absolute Gasteiger partial charge is 0.0616 e. The van der Waals surface area contributed by atoms with Gasteiger partial charge in [0.25, 0.3) is 0 Å². The van der Waals surface area contributed by atoms with E-state index >= 15 is 0 Å². The molecule has 0 bridgehead atoms. The van der Waals surface area contributed by atoms with Crippen LogP contribution in [0.2, 0.25) is 0 Å². The van der Waals surface area contributed by atoms with Gasteiger partial charge >= 0.3 is 0 Å². The van der Waals surface area contributed by atoms with E-state index in [-0.39, 0.29) is 0 Å². The SMILES string of the molecule is Cc1cc(-c2ccc3ccccc3c2)c2c(C)ccc(C(C)C)cc1-2. The average molecular weight is 324 g/mol. The molecule has 0 saturated heterocycles. The highest BCUT2D eigenvalue weighted by Gasteiger charge is 2.17. The van der Waals surface area contributed by atoms with Gasteiger partial charge in [0, 0.05) is 0 Å². The Morgan fingerprint density at radius 1 is 0.640 bits per heavy atom. The predicted octanol–water partition coefficient (Wildman–Crippen LogP) is 7.35. The van der Waals surface area contributed by atoms with Gasteiger partial charge in [-0.05, 0) is 75.5 Å². The Morgan fingerprint density at radius 2 is 1.40 bits per heavy atom. The lowest BCUT2D eigenvalue weighted by atomic mass is 9.96. The molecule has 0 aromatic heterocycles. The first kappa shape index (κ1) is 15.9. The highest BCUT2D eigenvalue weighted by molar-refractivity contribution is 5.95. The fourth-order valence-electron chi connectivity index (χ4n) is 3.78. The summed E-state index contributed by atoms with van der Waals surface area (Å²) in [5, 5.41) is 2.59. The van der Waals surface area contributed by atoms with E-state index in [1.165, 1.54) is 49.7 Å². The Balaban J connectivity index is 1.97. The van der Waals surface area contributed by atoms with E-state index in [2.05, 4.69) is 94.4 Å². The number of fused-ring (bicyclic) bond motifs is 2. The van der Waals surface area contributed by atoms with Gasteiger partial charge in [0.1, 0.15) is 0 Å². The van der Waals surface area contributed by atoms with Crippen LogP contribution in [-0.4, -0.2) is 0 Å². The van der Waals surface area contributed by atoms with Gasteiger partial charge in [0.2, 0.25) is 0 Å². The zero-order chi connectivity index (χ0) is 17.6. The van der Waals surface area contributed by atoms with Crippen LogP contribution in [0, 0.1) is 13.8 Å². The fourth-order valence-corrected chi connectivity index (χ4v) is 3.78. The molecule has 0 amide bonds. The van der Waals surface area contributed by atoms with Crippen LogP contribution in [0.5, 0.6) is 0 Å². The third kappa shape index (κ3) is 2.72. The van der Waals surface area contributed by atoms with Crippen LogP contribution < -0.4 is 0 Å². The highest BCUT2D eigenvalue weighted by Crippen LogP contribution is 2.42. The summed E-state index contributed by atoms with van der Waals surface area (Å²) in [7, 11) is 0. The number of aryl methyl sites for hydroxylation is 2. The molecule has 124 valence electrons. The number of hydrogen-bond acceptors (Lipinski definition) is 0. The molecule has 0 spiro atoms. The Hall–Kier alpha value is -2.60. The summed E-state index contributed by atoms with van der Waals surface area (Å²) < 4.78 is 0. The Morgan fingerprint density at radius 3 is 2.16 bits per heavy atom. The molecule has 25 heavy (non-hydrogen) atoms. The van der Waals surface area contributed by atoms with Crippen LogP contribution in [0.3, 0.4) is 0 Å². The van der Waals surface area contributed by atoms with Crippen molar-refractivity contribution < 1.29 is 0 Å². The van der Waals surface area contributed by atoms with Crippen LogP contribution >= 0.6 is 0 Å². The van der Waals surface area contributed by atoms with Crippen LogP contribution in [0.1, 0.15) is 36.5 Å². The number of hydrogen-bond donors (Lipinski definition) is 0. The van der Waals surface area contributed by atoms with Gasteiger partial charge in [-0.2, -0.15) is 0 Å². The maximum atomic E-state index is 2.38. The van der Waals surface area contributed by atoms with Gasteiger partial charge in [0.15, 0.2) is 0 Å². The van der Waals surface area contributed by atoms with Gasteiger partial charge in [-0.25, -0.2) is 0 Å². The normalized spacial score (nSPS) is 11.6.